The van der Waals surface area contributed by atoms with Gasteiger partial charge in [-0.05, 0) is 49.9 Å². The van der Waals surface area contributed by atoms with E-state index in [1.54, 1.807) is 30.0 Å². The van der Waals surface area contributed by atoms with Gasteiger partial charge in [0.2, 0.25) is 5.88 Å². The molecule has 9 nitrogen and oxygen atoms in total. The molecule has 1 saturated carbocycles. The van der Waals surface area contributed by atoms with Gasteiger partial charge in [-0.25, -0.2) is 14.5 Å². The fourth-order valence-corrected chi connectivity index (χ4v) is 4.41. The number of hydrogen-bond donors (Lipinski definition) is 2. The molecule has 3 aromatic heterocycles. The summed E-state index contributed by atoms with van der Waals surface area (Å²) in [6, 6.07) is 15.3. The number of benzene rings is 1. The first kappa shape index (κ1) is 21.7. The van der Waals surface area contributed by atoms with Gasteiger partial charge in [0, 0.05) is 23.9 Å². The van der Waals surface area contributed by atoms with Crippen LogP contribution in [0.2, 0.25) is 0 Å². The third-order valence-electron chi connectivity index (χ3n) is 6.12. The van der Waals surface area contributed by atoms with Gasteiger partial charge in [-0.1, -0.05) is 18.2 Å². The Morgan fingerprint density at radius 2 is 1.88 bits per heavy atom. The van der Waals surface area contributed by atoms with Gasteiger partial charge < -0.3 is 20.5 Å². The molecule has 34 heavy (non-hydrogen) atoms. The number of hydrogen-bond acceptors (Lipinski definition) is 7. The van der Waals surface area contributed by atoms with E-state index in [1.807, 2.05) is 36.4 Å². The lowest BCUT2D eigenvalue weighted by Crippen LogP contribution is -2.39. The zero-order valence-corrected chi connectivity index (χ0v) is 18.8. The summed E-state index contributed by atoms with van der Waals surface area (Å²) >= 11 is 0. The van der Waals surface area contributed by atoms with Gasteiger partial charge >= 0.3 is 0 Å². The molecule has 4 aromatic rings. The summed E-state index contributed by atoms with van der Waals surface area (Å²) in [5.74, 6) is 1.40. The number of fused-ring (bicyclic) bond motifs is 1. The molecule has 9 heteroatoms. The standard InChI is InChI=1S/C25H26N6O3/c1-33-22-13-16(11-12-27-22)21-14-20(23-24(26)28-15-29-31(21)23)25(32)30-17-7-9-19(10-8-17)34-18-5-3-2-4-6-18/h2-6,11-15,17,19H,7-10H2,1H3,(H,30,32)(H2,26,28,29). The number of carbonyl (C=O) groups excluding carboxylic acids is 1. The number of carbonyl (C=O) groups is 1. The highest BCUT2D eigenvalue weighted by Gasteiger charge is 2.26. The van der Waals surface area contributed by atoms with Crippen molar-refractivity contribution in [3.05, 3.63) is 66.6 Å². The molecule has 5 rings (SSSR count). The second-order valence-corrected chi connectivity index (χ2v) is 8.31. The van der Waals surface area contributed by atoms with E-state index >= 15 is 0 Å². The van der Waals surface area contributed by atoms with Gasteiger partial charge in [-0.15, -0.1) is 0 Å². The van der Waals surface area contributed by atoms with E-state index in [-0.39, 0.29) is 23.9 Å². The maximum atomic E-state index is 13.3. The Morgan fingerprint density at radius 3 is 2.65 bits per heavy atom. The largest absolute Gasteiger partial charge is 0.490 e. The minimum atomic E-state index is -0.196. The van der Waals surface area contributed by atoms with E-state index in [0.29, 0.717) is 22.7 Å². The summed E-state index contributed by atoms with van der Waals surface area (Å²) in [6.45, 7) is 0. The van der Waals surface area contributed by atoms with Crippen molar-refractivity contribution in [2.75, 3.05) is 12.8 Å². The first-order valence-electron chi connectivity index (χ1n) is 11.3. The highest BCUT2D eigenvalue weighted by Crippen LogP contribution is 2.30. The summed E-state index contributed by atoms with van der Waals surface area (Å²) in [4.78, 5) is 21.6. The van der Waals surface area contributed by atoms with Crippen LogP contribution in [0.15, 0.2) is 61.1 Å². The average molecular weight is 459 g/mol. The van der Waals surface area contributed by atoms with Crippen LogP contribution in [0.25, 0.3) is 16.8 Å². The molecule has 0 bridgehead atoms. The maximum absolute atomic E-state index is 13.3. The van der Waals surface area contributed by atoms with Gasteiger partial charge in [0.25, 0.3) is 5.91 Å². The highest BCUT2D eigenvalue weighted by atomic mass is 16.5. The van der Waals surface area contributed by atoms with Crippen LogP contribution in [-0.2, 0) is 0 Å². The molecule has 1 aliphatic carbocycles. The molecule has 0 spiro atoms. The quantitative estimate of drug-likeness (QED) is 0.454. The van der Waals surface area contributed by atoms with E-state index in [2.05, 4.69) is 20.4 Å². The summed E-state index contributed by atoms with van der Waals surface area (Å²) in [5.41, 5.74) is 8.58. The Kier molecular flexibility index (Phi) is 5.99. The fraction of sp³-hybridized carbons (Fsp3) is 0.280. The summed E-state index contributed by atoms with van der Waals surface area (Å²) < 4.78 is 13.0. The Hall–Kier alpha value is -4.14. The lowest BCUT2D eigenvalue weighted by atomic mass is 9.92. The molecule has 0 atom stereocenters. The number of aromatic nitrogens is 4. The van der Waals surface area contributed by atoms with Crippen molar-refractivity contribution < 1.29 is 14.3 Å². The fourth-order valence-electron chi connectivity index (χ4n) is 4.41. The van der Waals surface area contributed by atoms with E-state index in [9.17, 15) is 4.79 Å². The number of nitrogen functional groups attached to an aromatic ring is 1. The van der Waals surface area contributed by atoms with Crippen molar-refractivity contribution >= 4 is 17.2 Å². The Bertz CT molecular complexity index is 1300. The Labute approximate surface area is 196 Å². The number of nitrogens with one attached hydrogen (secondary N) is 1. The van der Waals surface area contributed by atoms with E-state index in [0.717, 1.165) is 37.0 Å². The zero-order chi connectivity index (χ0) is 23.5. The zero-order valence-electron chi connectivity index (χ0n) is 18.8. The van der Waals surface area contributed by atoms with Crippen LogP contribution in [0.3, 0.4) is 0 Å². The van der Waals surface area contributed by atoms with E-state index in [4.69, 9.17) is 15.2 Å². The van der Waals surface area contributed by atoms with Crippen LogP contribution in [0, 0.1) is 0 Å². The topological polar surface area (TPSA) is 117 Å². The molecule has 1 aromatic carbocycles. The summed E-state index contributed by atoms with van der Waals surface area (Å²) in [7, 11) is 1.56. The maximum Gasteiger partial charge on any atom is 0.253 e. The summed E-state index contributed by atoms with van der Waals surface area (Å²) in [6.07, 6.45) is 6.62. The van der Waals surface area contributed by atoms with Gasteiger partial charge in [0.05, 0.1) is 24.5 Å². The number of nitrogens with two attached hydrogens (primary N) is 1. The minimum Gasteiger partial charge on any atom is -0.490 e. The molecule has 0 aliphatic heterocycles. The molecule has 1 amide bonds. The number of ether oxygens (including phenoxy) is 2. The third-order valence-corrected chi connectivity index (χ3v) is 6.12. The van der Waals surface area contributed by atoms with Gasteiger partial charge in [0.1, 0.15) is 17.6 Å². The third kappa shape index (κ3) is 4.36. The molecule has 174 valence electrons. The average Bonchev–Trinajstić information content (AvgIpc) is 3.27. The Balaban J connectivity index is 1.34. The van der Waals surface area contributed by atoms with Crippen molar-refractivity contribution in [3.63, 3.8) is 0 Å². The monoisotopic (exact) mass is 458 g/mol. The molecular weight excluding hydrogens is 432 g/mol. The van der Waals surface area contributed by atoms with E-state index < -0.39 is 0 Å². The summed E-state index contributed by atoms with van der Waals surface area (Å²) in [5, 5.41) is 7.51. The van der Waals surface area contributed by atoms with Gasteiger partial charge in [-0.2, -0.15) is 5.10 Å². The predicted octanol–water partition coefficient (Wildman–Crippen LogP) is 3.50. The molecule has 0 unspecified atom stereocenters. The molecule has 1 fully saturated rings. The highest BCUT2D eigenvalue weighted by molar-refractivity contribution is 6.05. The first-order chi connectivity index (χ1) is 16.6. The van der Waals surface area contributed by atoms with Crippen LogP contribution in [0.1, 0.15) is 36.0 Å². The van der Waals surface area contributed by atoms with Gasteiger partial charge in [0.15, 0.2) is 5.82 Å². The van der Waals surface area contributed by atoms with Crippen LogP contribution in [0.5, 0.6) is 11.6 Å². The molecular formula is C25H26N6O3. The van der Waals surface area contributed by atoms with Crippen LogP contribution in [0.4, 0.5) is 5.82 Å². The number of amides is 1. The molecule has 3 heterocycles. The lowest BCUT2D eigenvalue weighted by Gasteiger charge is -2.29. The van der Waals surface area contributed by atoms with Gasteiger partial charge in [-0.3, -0.25) is 4.79 Å². The number of pyridine rings is 1. The molecule has 1 aliphatic rings. The smallest absolute Gasteiger partial charge is 0.253 e. The number of para-hydroxylation sites is 1. The van der Waals surface area contributed by atoms with Crippen LogP contribution >= 0.6 is 0 Å². The number of nitrogens with zero attached hydrogens (tertiary/aromatic N) is 4. The number of methoxy groups -OCH3 is 1. The molecule has 0 saturated heterocycles. The second-order valence-electron chi connectivity index (χ2n) is 8.31. The first-order valence-corrected chi connectivity index (χ1v) is 11.3. The van der Waals surface area contributed by atoms with Crippen molar-refractivity contribution in [2.45, 2.75) is 37.8 Å². The van der Waals surface area contributed by atoms with E-state index in [1.165, 1.54) is 6.33 Å². The Morgan fingerprint density at radius 1 is 1.09 bits per heavy atom. The number of rotatable bonds is 6. The lowest BCUT2D eigenvalue weighted by molar-refractivity contribution is 0.0895. The molecule has 0 radical (unpaired) electrons. The normalized spacial score (nSPS) is 17.9. The van der Waals surface area contributed by atoms with Crippen LogP contribution < -0.4 is 20.5 Å². The van der Waals surface area contributed by atoms with Crippen molar-refractivity contribution in [1.82, 2.24) is 24.9 Å². The number of anilines is 1. The predicted molar refractivity (Wildman–Crippen MR) is 128 cm³/mol. The SMILES string of the molecule is COc1cc(-c2cc(C(=O)NC3CCC(Oc4ccccc4)CC3)c3c(N)ncnn23)ccn1. The second kappa shape index (κ2) is 9.38. The van der Waals surface area contributed by atoms with Crippen molar-refractivity contribution in [1.29, 1.82) is 0 Å². The van der Waals surface area contributed by atoms with Crippen LogP contribution in [-0.4, -0.2) is 44.7 Å². The van der Waals surface area contributed by atoms with Crippen molar-refractivity contribution in [2.24, 2.45) is 0 Å². The molecule has 3 N–H and O–H groups in total. The van der Waals surface area contributed by atoms with Crippen molar-refractivity contribution in [3.8, 4) is 22.9 Å². The minimum absolute atomic E-state index is 0.0633.